The van der Waals surface area contributed by atoms with E-state index in [-0.39, 0.29) is 29.4 Å². The Bertz CT molecular complexity index is 1100. The Morgan fingerprint density at radius 3 is 2.48 bits per heavy atom. The van der Waals surface area contributed by atoms with E-state index in [2.05, 4.69) is 5.32 Å². The molecule has 9 heteroatoms. The molecule has 0 bridgehead atoms. The van der Waals surface area contributed by atoms with Crippen LogP contribution in [0.2, 0.25) is 0 Å². The Balaban J connectivity index is 1.54. The van der Waals surface area contributed by atoms with Crippen molar-refractivity contribution in [3.05, 3.63) is 99.9 Å². The molecule has 3 aromatic carbocycles. The van der Waals surface area contributed by atoms with E-state index < -0.39 is 23.4 Å². The number of nitro benzene ring substituents is 1. The number of carbonyl (C=O) groups is 2. The molecule has 0 saturated carbocycles. The molecule has 1 N–H and O–H groups in total. The van der Waals surface area contributed by atoms with Crippen LogP contribution in [0.15, 0.2) is 72.8 Å². The third-order valence-electron chi connectivity index (χ3n) is 4.10. The van der Waals surface area contributed by atoms with Crippen molar-refractivity contribution in [2.45, 2.75) is 6.61 Å². The molecule has 0 aromatic heterocycles. The van der Waals surface area contributed by atoms with Gasteiger partial charge in [-0.1, -0.05) is 30.3 Å². The lowest BCUT2D eigenvalue weighted by molar-refractivity contribution is -0.383. The zero-order valence-corrected chi connectivity index (χ0v) is 16.1. The summed E-state index contributed by atoms with van der Waals surface area (Å²) in [5, 5.41) is 13.3. The molecule has 0 saturated heterocycles. The Labute approximate surface area is 176 Å². The maximum Gasteiger partial charge on any atom is 0.338 e. The number of halogens is 1. The first-order valence-electron chi connectivity index (χ1n) is 9.10. The van der Waals surface area contributed by atoms with Crippen LogP contribution < -0.4 is 10.1 Å². The van der Waals surface area contributed by atoms with Crippen molar-refractivity contribution in [3.63, 3.8) is 0 Å². The number of para-hydroxylation sites is 2. The lowest BCUT2D eigenvalue weighted by Crippen LogP contribution is -2.21. The molecule has 0 aliphatic rings. The van der Waals surface area contributed by atoms with Crippen LogP contribution in [0.25, 0.3) is 0 Å². The van der Waals surface area contributed by atoms with Gasteiger partial charge in [-0.2, -0.15) is 0 Å². The van der Waals surface area contributed by atoms with Crippen LogP contribution in [0.4, 0.5) is 15.8 Å². The van der Waals surface area contributed by atoms with Crippen molar-refractivity contribution < 1.29 is 28.4 Å². The first-order valence-corrected chi connectivity index (χ1v) is 9.10. The minimum atomic E-state index is -0.759. The highest BCUT2D eigenvalue weighted by Crippen LogP contribution is 2.23. The van der Waals surface area contributed by atoms with E-state index in [0.717, 1.165) is 5.56 Å². The second kappa shape index (κ2) is 9.97. The summed E-state index contributed by atoms with van der Waals surface area (Å²) in [6, 6.07) is 17.6. The van der Waals surface area contributed by atoms with Gasteiger partial charge in [0.15, 0.2) is 6.61 Å². The van der Waals surface area contributed by atoms with Crippen molar-refractivity contribution in [1.29, 1.82) is 0 Å². The summed E-state index contributed by atoms with van der Waals surface area (Å²) in [6.07, 6.45) is 0. The molecule has 0 spiro atoms. The number of hydrogen-bond acceptors (Lipinski definition) is 6. The molecule has 1 amide bonds. The largest absolute Gasteiger partial charge is 0.489 e. The molecule has 3 rings (SSSR count). The third kappa shape index (κ3) is 6.10. The normalized spacial score (nSPS) is 10.2. The van der Waals surface area contributed by atoms with Gasteiger partial charge in [-0.25, -0.2) is 9.18 Å². The number of esters is 1. The maximum absolute atomic E-state index is 12.9. The van der Waals surface area contributed by atoms with E-state index in [1.165, 1.54) is 48.5 Å². The monoisotopic (exact) mass is 424 g/mol. The van der Waals surface area contributed by atoms with Gasteiger partial charge < -0.3 is 14.8 Å². The second-order valence-corrected chi connectivity index (χ2v) is 6.34. The molecule has 0 unspecified atom stereocenters. The van der Waals surface area contributed by atoms with Crippen molar-refractivity contribution in [2.75, 3.05) is 11.9 Å². The fraction of sp³-hybridized carbons (Fsp3) is 0.0909. The quantitative estimate of drug-likeness (QED) is 0.331. The summed E-state index contributed by atoms with van der Waals surface area (Å²) in [5.74, 6) is -1.43. The van der Waals surface area contributed by atoms with Gasteiger partial charge in [0.05, 0.1) is 10.5 Å². The molecular weight excluding hydrogens is 407 g/mol. The summed E-state index contributed by atoms with van der Waals surface area (Å²) >= 11 is 0. The highest BCUT2D eigenvalue weighted by Gasteiger charge is 2.16. The molecule has 31 heavy (non-hydrogen) atoms. The number of nitrogens with one attached hydrogen (secondary N) is 1. The third-order valence-corrected chi connectivity index (χ3v) is 4.10. The Hall–Kier alpha value is -4.27. The molecule has 0 atom stereocenters. The van der Waals surface area contributed by atoms with Crippen molar-refractivity contribution in [2.24, 2.45) is 0 Å². The summed E-state index contributed by atoms with van der Waals surface area (Å²) < 4.78 is 23.5. The standard InChI is InChI=1S/C22H17FN2O6/c23-17-10-8-15(9-11-17)13-30-18-5-3-4-16(12-18)22(27)31-14-21(26)24-19-6-1-2-7-20(19)25(28)29/h1-12H,13-14H2,(H,24,26). The predicted octanol–water partition coefficient (Wildman–Crippen LogP) is 4.11. The van der Waals surface area contributed by atoms with Gasteiger partial charge >= 0.3 is 5.97 Å². The second-order valence-electron chi connectivity index (χ2n) is 6.34. The number of carbonyl (C=O) groups excluding carboxylic acids is 2. The number of amides is 1. The lowest BCUT2D eigenvalue weighted by Gasteiger charge is -2.09. The molecule has 3 aromatic rings. The van der Waals surface area contributed by atoms with Crippen LogP contribution in [-0.4, -0.2) is 23.4 Å². The van der Waals surface area contributed by atoms with E-state index in [0.29, 0.717) is 5.75 Å². The molecule has 0 radical (unpaired) electrons. The summed E-state index contributed by atoms with van der Waals surface area (Å²) in [4.78, 5) is 34.6. The smallest absolute Gasteiger partial charge is 0.338 e. The summed E-state index contributed by atoms with van der Waals surface area (Å²) in [5.41, 5.74) is 0.647. The molecule has 0 aliphatic carbocycles. The number of ether oxygens (including phenoxy) is 2. The molecule has 0 heterocycles. The predicted molar refractivity (Wildman–Crippen MR) is 109 cm³/mol. The SMILES string of the molecule is O=C(COC(=O)c1cccc(OCc2ccc(F)cc2)c1)Nc1ccccc1[N+](=O)[O-]. The van der Waals surface area contributed by atoms with Crippen LogP contribution in [0.5, 0.6) is 5.75 Å². The first kappa shape index (κ1) is 21.4. The highest BCUT2D eigenvalue weighted by molar-refractivity contribution is 5.96. The average Bonchev–Trinajstić information content (AvgIpc) is 2.77. The molecule has 158 valence electrons. The van der Waals surface area contributed by atoms with Crippen LogP contribution in [-0.2, 0) is 16.1 Å². The van der Waals surface area contributed by atoms with Crippen LogP contribution in [0, 0.1) is 15.9 Å². The number of nitrogens with zero attached hydrogens (tertiary/aromatic N) is 1. The highest BCUT2D eigenvalue weighted by atomic mass is 19.1. The molecule has 0 fully saturated rings. The van der Waals surface area contributed by atoms with Gasteiger partial charge in [0.1, 0.15) is 23.9 Å². The fourth-order valence-electron chi connectivity index (χ4n) is 2.60. The van der Waals surface area contributed by atoms with Gasteiger partial charge in [-0.15, -0.1) is 0 Å². The number of benzene rings is 3. The van der Waals surface area contributed by atoms with E-state index in [1.807, 2.05) is 0 Å². The van der Waals surface area contributed by atoms with Gasteiger partial charge in [0.25, 0.3) is 11.6 Å². The van der Waals surface area contributed by atoms with Crippen molar-refractivity contribution in [1.82, 2.24) is 0 Å². The lowest BCUT2D eigenvalue weighted by atomic mass is 10.2. The maximum atomic E-state index is 12.9. The fourth-order valence-corrected chi connectivity index (χ4v) is 2.60. The first-order chi connectivity index (χ1) is 14.9. The van der Waals surface area contributed by atoms with Gasteiger partial charge in [-0.05, 0) is 42.0 Å². The number of hydrogen-bond donors (Lipinski definition) is 1. The number of nitro groups is 1. The van der Waals surface area contributed by atoms with Crippen LogP contribution in [0.1, 0.15) is 15.9 Å². The zero-order valence-electron chi connectivity index (χ0n) is 16.1. The number of rotatable bonds is 8. The zero-order chi connectivity index (χ0) is 22.2. The van der Waals surface area contributed by atoms with Crippen LogP contribution >= 0.6 is 0 Å². The minimum absolute atomic E-state index is 0.00439. The summed E-state index contributed by atoms with van der Waals surface area (Å²) in [7, 11) is 0. The van der Waals surface area contributed by atoms with E-state index in [1.54, 1.807) is 24.3 Å². The van der Waals surface area contributed by atoms with E-state index >= 15 is 0 Å². The minimum Gasteiger partial charge on any atom is -0.489 e. The van der Waals surface area contributed by atoms with Gasteiger partial charge in [0, 0.05) is 6.07 Å². The van der Waals surface area contributed by atoms with Gasteiger partial charge in [-0.3, -0.25) is 14.9 Å². The van der Waals surface area contributed by atoms with Crippen molar-refractivity contribution >= 4 is 23.3 Å². The Kier molecular flexibility index (Phi) is 6.89. The Morgan fingerprint density at radius 1 is 1.00 bits per heavy atom. The van der Waals surface area contributed by atoms with Crippen molar-refractivity contribution in [3.8, 4) is 5.75 Å². The Morgan fingerprint density at radius 2 is 1.74 bits per heavy atom. The van der Waals surface area contributed by atoms with E-state index in [9.17, 15) is 24.1 Å². The average molecular weight is 424 g/mol. The molecule has 0 aliphatic heterocycles. The summed E-state index contributed by atoms with van der Waals surface area (Å²) in [6.45, 7) is -0.442. The topological polar surface area (TPSA) is 108 Å². The van der Waals surface area contributed by atoms with Gasteiger partial charge in [0.2, 0.25) is 0 Å². The van der Waals surface area contributed by atoms with E-state index in [4.69, 9.17) is 9.47 Å². The van der Waals surface area contributed by atoms with Crippen LogP contribution in [0.3, 0.4) is 0 Å². The molecular formula is C22H17FN2O6. The molecule has 8 nitrogen and oxygen atoms in total. The number of anilines is 1.